The van der Waals surface area contributed by atoms with Crippen LogP contribution in [0.15, 0.2) is 127 Å². The third-order valence-electron chi connectivity index (χ3n) is 24.5. The third kappa shape index (κ3) is 30.4. The van der Waals surface area contributed by atoms with Crippen LogP contribution >= 0.6 is 7.26 Å². The molecule has 27 nitrogen and oxygen atoms in total. The maximum absolute atomic E-state index is 15.9. The highest BCUT2D eigenvalue weighted by molar-refractivity contribution is 7.95. The zero-order valence-corrected chi connectivity index (χ0v) is 81.3. The smallest absolute Gasteiger partial charge is 0.251 e. The van der Waals surface area contributed by atoms with Crippen molar-refractivity contribution in [2.24, 2.45) is 41.4 Å². The lowest BCUT2D eigenvalue weighted by Gasteiger charge is -2.41. The number of hydrogen-bond acceptors (Lipinski definition) is 14. The van der Waals surface area contributed by atoms with Crippen LogP contribution in [-0.2, 0) is 64.0 Å². The number of nitrogens with zero attached hydrogens (tertiary/aromatic N) is 7. The van der Waals surface area contributed by atoms with Crippen molar-refractivity contribution in [3.05, 3.63) is 139 Å². The second-order valence-electron chi connectivity index (χ2n) is 37.2. The van der Waals surface area contributed by atoms with Gasteiger partial charge in [-0.05, 0) is 193 Å². The van der Waals surface area contributed by atoms with Gasteiger partial charge in [-0.2, -0.15) is 0 Å². The van der Waals surface area contributed by atoms with Crippen LogP contribution < -0.4 is 47.8 Å². The molecule has 702 valence electrons. The summed E-state index contributed by atoms with van der Waals surface area (Å²) in [5.74, 6) is -11.0. The molecule has 1 saturated heterocycles. The lowest BCUT2D eigenvalue weighted by molar-refractivity contribution is -0.157. The summed E-state index contributed by atoms with van der Waals surface area (Å²) in [7, 11) is 7.97. The molecule has 0 spiro atoms. The zero-order valence-electron chi connectivity index (χ0n) is 80.4. The molecular weight excluding hydrogens is 1630 g/mol. The average Bonchev–Trinajstić information content (AvgIpc) is 0.760. The first-order chi connectivity index (χ1) is 59.9. The minimum Gasteiger partial charge on any atom is -0.390 e. The van der Waals surface area contributed by atoms with Crippen LogP contribution in [0.4, 0.5) is 0 Å². The van der Waals surface area contributed by atoms with E-state index in [9.17, 15) is 29.1 Å². The molecule has 0 aliphatic carbocycles. The number of aliphatic hydroxyl groups is 1. The number of aliphatic hydroxyl groups excluding tert-OH is 1. The van der Waals surface area contributed by atoms with E-state index in [0.29, 0.717) is 43.5 Å². The molecule has 4 aromatic rings. The zero-order chi connectivity index (χ0) is 95.0. The van der Waals surface area contributed by atoms with Crippen LogP contribution in [0, 0.1) is 41.4 Å². The molecule has 1 fully saturated rings. The van der Waals surface area contributed by atoms with Gasteiger partial charge in [0.1, 0.15) is 89.6 Å². The summed E-state index contributed by atoms with van der Waals surface area (Å²) >= 11 is 0. The van der Waals surface area contributed by atoms with Gasteiger partial charge >= 0.3 is 0 Å². The second-order valence-corrected chi connectivity index (χ2v) is 40.8. The average molecular weight is 1780 g/mol. The second kappa shape index (κ2) is 51.9. The summed E-state index contributed by atoms with van der Waals surface area (Å²) in [5.41, 5.74) is 0.805. The first-order valence-corrected chi connectivity index (χ1v) is 47.9. The Labute approximate surface area is 758 Å². The fourth-order valence-corrected chi connectivity index (χ4v) is 21.2. The first kappa shape index (κ1) is 108. The molecule has 1 heterocycles. The molecule has 4 aromatic carbocycles. The first-order valence-electron chi connectivity index (χ1n) is 46.0. The maximum Gasteiger partial charge on any atom is 0.251 e. The van der Waals surface area contributed by atoms with Crippen molar-refractivity contribution in [1.82, 2.24) is 66.2 Å². The molecule has 127 heavy (non-hydrogen) atoms. The predicted octanol–water partition coefficient (Wildman–Crippen LogP) is 9.45. The fourth-order valence-electron chi connectivity index (χ4n) is 16.8. The molecule has 28 heteroatoms. The normalized spacial score (nSPS) is 22.4. The van der Waals surface area contributed by atoms with Gasteiger partial charge in [-0.3, -0.25) is 62.3 Å². The Morgan fingerprint density at radius 2 is 0.843 bits per heavy atom. The molecule has 1 unspecified atom stereocenters. The van der Waals surface area contributed by atoms with Crippen molar-refractivity contribution >= 4 is 100.0 Å². The summed E-state index contributed by atoms with van der Waals surface area (Å²) in [4.78, 5) is 203. The molecule has 0 radical (unpaired) electrons. The summed E-state index contributed by atoms with van der Waals surface area (Å²) in [6.07, 6.45) is 8.53. The highest BCUT2D eigenvalue weighted by Gasteiger charge is 2.48. The number of likely N-dealkylation sites (N-methyl/N-ethyl adjacent to an activating group) is 7. The molecule has 1 aliphatic heterocycles. The van der Waals surface area contributed by atoms with Crippen LogP contribution in [0.1, 0.15) is 217 Å². The third-order valence-corrected chi connectivity index (χ3v) is 29.0. The number of allylic oxidation sites excluding steroid dienone is 2. The minimum absolute atomic E-state index is 0.00727. The number of unbranched alkanes of at least 4 members (excludes halogenated alkanes) is 4. The number of rotatable bonds is 33. The van der Waals surface area contributed by atoms with E-state index in [2.05, 4.69) is 123 Å². The highest BCUT2D eigenvalue weighted by atomic mass is 31.2. The van der Waals surface area contributed by atoms with Gasteiger partial charge in [-0.15, -0.1) is 0 Å². The van der Waals surface area contributed by atoms with Gasteiger partial charge in [0.05, 0.1) is 12.3 Å². The van der Waals surface area contributed by atoms with Gasteiger partial charge < -0.3 is 71.3 Å². The molecule has 0 saturated carbocycles. The number of benzene rings is 4. The Morgan fingerprint density at radius 3 is 1.31 bits per heavy atom. The van der Waals surface area contributed by atoms with Crippen molar-refractivity contribution in [2.75, 3.05) is 68.6 Å². The Morgan fingerprint density at radius 1 is 0.425 bits per heavy atom. The molecule has 5 rings (SSSR count). The van der Waals surface area contributed by atoms with Crippen molar-refractivity contribution in [3.63, 3.8) is 0 Å². The highest BCUT2D eigenvalue weighted by Crippen LogP contribution is 2.56. The van der Waals surface area contributed by atoms with E-state index in [0.717, 1.165) is 36.7 Å². The van der Waals surface area contributed by atoms with Crippen molar-refractivity contribution in [1.29, 1.82) is 0 Å². The molecule has 13 amide bonds. The maximum atomic E-state index is 15.9. The minimum atomic E-state index is -1.97. The van der Waals surface area contributed by atoms with Crippen LogP contribution in [0.3, 0.4) is 0 Å². The quantitative estimate of drug-likeness (QED) is 0.0133. The number of amides is 13. The summed E-state index contributed by atoms with van der Waals surface area (Å²) in [5, 5.41) is 33.8. The lowest BCUT2D eigenvalue weighted by atomic mass is 9.91. The van der Waals surface area contributed by atoms with Gasteiger partial charge in [0.2, 0.25) is 70.9 Å². The van der Waals surface area contributed by atoms with E-state index in [1.54, 1.807) is 84.9 Å². The van der Waals surface area contributed by atoms with Gasteiger partial charge in [0.25, 0.3) is 5.91 Å². The number of nitrogens with one attached hydrogen (secondary N) is 6. The Balaban J connectivity index is 1.49. The Bertz CT molecular complexity index is 4170. The van der Waals surface area contributed by atoms with E-state index in [4.69, 9.17) is 0 Å². The molecular formula is C99H153N13O14P+. The van der Waals surface area contributed by atoms with E-state index < -0.39 is 163 Å². The monoisotopic (exact) mass is 1780 g/mol. The number of carbonyl (C=O) groups is 13. The molecule has 13 atom stereocenters. The van der Waals surface area contributed by atoms with Gasteiger partial charge in [0.15, 0.2) is 0 Å². The van der Waals surface area contributed by atoms with Gasteiger partial charge in [-0.25, -0.2) is 0 Å². The van der Waals surface area contributed by atoms with Gasteiger partial charge in [0, 0.05) is 80.8 Å². The van der Waals surface area contributed by atoms with Crippen molar-refractivity contribution in [3.8, 4) is 0 Å². The van der Waals surface area contributed by atoms with Crippen LogP contribution in [0.25, 0.3) is 0 Å². The number of carbonyl (C=O) groups excluding carboxylic acids is 13. The van der Waals surface area contributed by atoms with Crippen LogP contribution in [0.5, 0.6) is 0 Å². The summed E-state index contributed by atoms with van der Waals surface area (Å²) in [6, 6.07) is 24.3. The van der Waals surface area contributed by atoms with E-state index in [1.807, 2.05) is 55.4 Å². The molecule has 0 aromatic heterocycles. The lowest BCUT2D eigenvalue weighted by Crippen LogP contribution is -2.64. The predicted molar refractivity (Wildman–Crippen MR) is 505 cm³/mol. The molecule has 1 aliphatic rings. The topological polar surface area (TPSA) is 337 Å². The fraction of sp³-hybridized carbons (Fsp3) is 0.606. The summed E-state index contributed by atoms with van der Waals surface area (Å²) in [6.45, 7) is 30.7. The van der Waals surface area contributed by atoms with Gasteiger partial charge in [-0.1, -0.05) is 176 Å². The Hall–Kier alpha value is -9.88. The Kier molecular flexibility index (Phi) is 44.0. The standard InChI is InChI=1S/C99H152N13O14P/c1-25-27-43-69(15)87(114)86-92(119)104-77(26-2)94(121)109(21)82(62-72-51-53-73(54-52-72)89(116)101-56-41-32-40-55-100-83(113)50-39-31-42-57-127(74-44-33-28-34-45-74,75-46-35-29-36-47-75)76-48-37-30-38-49-76)96(123)106(18)79(59-64(5)6)91(118)105-84(67(11)12)98(125)107(19)78(58-63(3)4)90(117)102-70(16)88(115)103-71(17)93(120)108(20)80(60-65(7)8)95(122)110(22)81(61-66(9)10)97(124)111(23)85(68(13)14)99(126)112(86)24/h25,27-30,33-38,44-49,51-54,63-71,77-82,84-87,114H,26,31-32,39-43,50,55-62H2,1-24H3,(H5-,100,101,102,103,104,105,113,115,116,117,118,119)/p+1/b27-25+/t69-,70+,71-,77+,78+,79+,80+,81+,82?,84+,85+,86+,87-/m1/s1. The largest absolute Gasteiger partial charge is 0.390 e. The molecule has 0 bridgehead atoms. The SMILES string of the molecule is C/C=C/C[C@@H](C)[C@@H](O)[C@H]1C(=O)N[C@@H](CC)C(=O)N(C)C(Cc2ccc(C(=O)NCCCCCNC(=O)CCCCC[P+](c3ccccc3)(c3ccccc3)c3ccccc3)cc2)C(=O)N(C)[C@@H](CC(C)C)C(=O)N[C@@H](C(C)C)C(=O)N(C)[C@@H](CC(C)C)C(=O)N[C@@H](C)C(=O)N[C@H](C)C(=O)N(C)[C@@H](CC(C)C)C(=O)N(C)[C@@H](CC(C)C)C(=O)N(C)[C@@H](C(C)C)C(=O)N1C. The number of hydrogen-bond donors (Lipinski definition) is 7. The van der Waals surface area contributed by atoms with Crippen molar-refractivity contribution in [2.45, 2.75) is 280 Å². The summed E-state index contributed by atoms with van der Waals surface area (Å²) < 4.78 is 0. The van der Waals surface area contributed by atoms with Crippen LogP contribution in [-0.4, -0.2) is 257 Å². The van der Waals surface area contributed by atoms with E-state index >= 15 is 38.4 Å². The molecule has 7 N–H and O–H groups in total. The van der Waals surface area contributed by atoms with Crippen LogP contribution in [0.2, 0.25) is 0 Å². The van der Waals surface area contributed by atoms with E-state index in [-0.39, 0.29) is 80.4 Å². The van der Waals surface area contributed by atoms with Crippen molar-refractivity contribution < 1.29 is 67.4 Å². The van der Waals surface area contributed by atoms with E-state index in [1.165, 1.54) is 108 Å².